The van der Waals surface area contributed by atoms with E-state index in [0.29, 0.717) is 11.3 Å². The molecule has 9 heteroatoms. The van der Waals surface area contributed by atoms with Crippen molar-refractivity contribution in [1.29, 1.82) is 0 Å². The highest BCUT2D eigenvalue weighted by Gasteiger charge is 2.62. The number of ether oxygens (including phenoxy) is 4. The maximum Gasteiger partial charge on any atom is 0.340 e. The molecule has 1 amide bonds. The average Bonchev–Trinajstić information content (AvgIpc) is 3.10. The summed E-state index contributed by atoms with van der Waals surface area (Å²) in [5.41, 5.74) is 5.18. The number of amides is 1. The Hall–Kier alpha value is -4.11. The third kappa shape index (κ3) is 3.52. The fourth-order valence-electron chi connectivity index (χ4n) is 4.16. The van der Waals surface area contributed by atoms with E-state index < -0.39 is 23.3 Å². The first-order chi connectivity index (χ1) is 15.9. The highest BCUT2D eigenvalue weighted by molar-refractivity contribution is 6.21. The van der Waals surface area contributed by atoms with Gasteiger partial charge in [0.1, 0.15) is 35.5 Å². The second-order valence-electron chi connectivity index (χ2n) is 7.38. The Morgan fingerprint density at radius 2 is 1.67 bits per heavy atom. The van der Waals surface area contributed by atoms with E-state index in [1.54, 1.807) is 36.4 Å². The monoisotopic (exact) mass is 450 g/mol. The van der Waals surface area contributed by atoms with E-state index in [4.69, 9.17) is 24.7 Å². The molecule has 1 atom stereocenters. The van der Waals surface area contributed by atoms with Crippen LogP contribution in [0.4, 0.5) is 5.69 Å². The van der Waals surface area contributed by atoms with Crippen molar-refractivity contribution in [2.45, 2.75) is 12.0 Å². The van der Waals surface area contributed by atoms with Crippen molar-refractivity contribution in [3.8, 4) is 0 Å². The van der Waals surface area contributed by atoms with Gasteiger partial charge in [0.15, 0.2) is 0 Å². The molecule has 2 heterocycles. The van der Waals surface area contributed by atoms with E-state index >= 15 is 0 Å². The van der Waals surface area contributed by atoms with Crippen LogP contribution in [-0.2, 0) is 45.4 Å². The van der Waals surface area contributed by atoms with E-state index in [1.165, 1.54) is 7.11 Å². The number of rotatable bonds is 6. The van der Waals surface area contributed by atoms with E-state index in [0.717, 1.165) is 12.7 Å². The largest absolute Gasteiger partial charge is 0.465 e. The summed E-state index contributed by atoms with van der Waals surface area (Å²) in [5.74, 6) is -2.82. The fourth-order valence-corrected chi connectivity index (χ4v) is 4.16. The molecular weight excluding hydrogens is 428 g/mol. The molecule has 0 saturated carbocycles. The molecule has 4 rings (SSSR count). The van der Waals surface area contributed by atoms with Gasteiger partial charge in [-0.1, -0.05) is 48.5 Å². The fraction of sp³-hybridized carbons (Fsp3) is 0.208. The molecule has 0 saturated heterocycles. The molecule has 0 bridgehead atoms. The lowest BCUT2D eigenvalue weighted by Crippen LogP contribution is -2.49. The SMILES string of the molecule is COCC1=C(C(=O)OCc2ccccc2)C2(C(=O)Nc3ccccc32)C(C(=O)OC)=C(N)O1. The van der Waals surface area contributed by atoms with Gasteiger partial charge in [0, 0.05) is 18.4 Å². The van der Waals surface area contributed by atoms with Gasteiger partial charge in [-0.05, 0) is 11.6 Å². The van der Waals surface area contributed by atoms with E-state index in [-0.39, 0.29) is 36.0 Å². The molecule has 33 heavy (non-hydrogen) atoms. The van der Waals surface area contributed by atoms with Crippen LogP contribution in [0, 0.1) is 0 Å². The molecule has 0 aromatic heterocycles. The van der Waals surface area contributed by atoms with Crippen LogP contribution in [0.5, 0.6) is 0 Å². The number of hydrogen-bond donors (Lipinski definition) is 2. The lowest BCUT2D eigenvalue weighted by Gasteiger charge is -2.35. The Bertz CT molecular complexity index is 1190. The van der Waals surface area contributed by atoms with Crippen LogP contribution in [0.3, 0.4) is 0 Å². The van der Waals surface area contributed by atoms with Gasteiger partial charge in [0.25, 0.3) is 0 Å². The van der Waals surface area contributed by atoms with E-state index in [9.17, 15) is 14.4 Å². The zero-order valence-electron chi connectivity index (χ0n) is 18.0. The Balaban J connectivity index is 1.92. The summed E-state index contributed by atoms with van der Waals surface area (Å²) in [6, 6.07) is 15.7. The molecule has 2 aromatic carbocycles. The first-order valence-corrected chi connectivity index (χ1v) is 10.1. The lowest BCUT2D eigenvalue weighted by atomic mass is 9.67. The number of hydrogen-bond acceptors (Lipinski definition) is 8. The Kier molecular flexibility index (Phi) is 5.89. The summed E-state index contributed by atoms with van der Waals surface area (Å²) < 4.78 is 21.3. The maximum atomic E-state index is 13.6. The second-order valence-corrected chi connectivity index (χ2v) is 7.38. The van der Waals surface area contributed by atoms with Crippen molar-refractivity contribution in [3.63, 3.8) is 0 Å². The van der Waals surface area contributed by atoms with Crippen LogP contribution in [0.2, 0.25) is 0 Å². The molecule has 3 N–H and O–H groups in total. The number of carbonyl (C=O) groups is 3. The number of nitrogens with one attached hydrogen (secondary N) is 1. The minimum absolute atomic E-state index is 0.0347. The summed E-state index contributed by atoms with van der Waals surface area (Å²) in [7, 11) is 2.55. The summed E-state index contributed by atoms with van der Waals surface area (Å²) in [4.78, 5) is 40.0. The van der Waals surface area contributed by atoms with E-state index in [1.807, 2.05) is 18.2 Å². The van der Waals surface area contributed by atoms with Gasteiger partial charge in [0.05, 0.1) is 7.11 Å². The van der Waals surface area contributed by atoms with Gasteiger partial charge in [-0.2, -0.15) is 0 Å². The number of methoxy groups -OCH3 is 2. The normalized spacial score (nSPS) is 19.2. The third-order valence-corrected chi connectivity index (χ3v) is 5.51. The highest BCUT2D eigenvalue weighted by atomic mass is 16.6. The van der Waals surface area contributed by atoms with Crippen LogP contribution < -0.4 is 11.1 Å². The summed E-state index contributed by atoms with van der Waals surface area (Å²) in [6.07, 6.45) is 0. The Morgan fingerprint density at radius 1 is 0.970 bits per heavy atom. The van der Waals surface area contributed by atoms with Gasteiger partial charge in [-0.3, -0.25) is 4.79 Å². The van der Waals surface area contributed by atoms with Crippen LogP contribution in [0.1, 0.15) is 11.1 Å². The summed E-state index contributed by atoms with van der Waals surface area (Å²) in [5, 5.41) is 2.73. The smallest absolute Gasteiger partial charge is 0.340 e. The predicted molar refractivity (Wildman–Crippen MR) is 116 cm³/mol. The Labute approximate surface area is 189 Å². The number of nitrogens with two attached hydrogens (primary N) is 1. The molecule has 2 aliphatic rings. The Morgan fingerprint density at radius 3 is 2.36 bits per heavy atom. The minimum Gasteiger partial charge on any atom is -0.465 e. The van der Waals surface area contributed by atoms with Crippen LogP contribution in [-0.4, -0.2) is 38.7 Å². The van der Waals surface area contributed by atoms with Crippen LogP contribution >= 0.6 is 0 Å². The van der Waals surface area contributed by atoms with Gasteiger partial charge in [-0.25, -0.2) is 9.59 Å². The standard InChI is InChI=1S/C24H22N2O7/c1-30-13-17-18(22(28)32-12-14-8-4-3-5-9-14)24(19(20(25)33-17)21(27)31-2)15-10-6-7-11-16(15)26-23(24)29/h3-11H,12-13,25H2,1-2H3,(H,26,29). The zero-order valence-corrected chi connectivity index (χ0v) is 18.0. The van der Waals surface area contributed by atoms with Crippen molar-refractivity contribution in [1.82, 2.24) is 0 Å². The van der Waals surface area contributed by atoms with Crippen molar-refractivity contribution < 1.29 is 33.3 Å². The van der Waals surface area contributed by atoms with Gasteiger partial charge < -0.3 is 30.0 Å². The molecule has 0 radical (unpaired) electrons. The lowest BCUT2D eigenvalue weighted by molar-refractivity contribution is -0.143. The van der Waals surface area contributed by atoms with Gasteiger partial charge in [0.2, 0.25) is 11.8 Å². The second kappa shape index (κ2) is 8.79. The average molecular weight is 450 g/mol. The zero-order chi connectivity index (χ0) is 23.6. The topological polar surface area (TPSA) is 126 Å². The van der Waals surface area contributed by atoms with Crippen LogP contribution in [0.25, 0.3) is 0 Å². The molecule has 0 fully saturated rings. The molecule has 1 unspecified atom stereocenters. The molecule has 2 aromatic rings. The number of para-hydroxylation sites is 1. The van der Waals surface area contributed by atoms with Crippen molar-refractivity contribution >= 4 is 23.5 Å². The summed E-state index contributed by atoms with van der Waals surface area (Å²) >= 11 is 0. The highest BCUT2D eigenvalue weighted by Crippen LogP contribution is 2.52. The molecule has 9 nitrogen and oxygen atoms in total. The molecule has 170 valence electrons. The third-order valence-electron chi connectivity index (χ3n) is 5.51. The molecule has 2 aliphatic heterocycles. The number of benzene rings is 2. The van der Waals surface area contributed by atoms with Gasteiger partial charge in [-0.15, -0.1) is 0 Å². The number of fused-ring (bicyclic) bond motifs is 2. The molecule has 0 aliphatic carbocycles. The predicted octanol–water partition coefficient (Wildman–Crippen LogP) is 1.89. The number of esters is 2. The first-order valence-electron chi connectivity index (χ1n) is 10.1. The van der Waals surface area contributed by atoms with Crippen molar-refractivity contribution in [2.24, 2.45) is 5.73 Å². The van der Waals surface area contributed by atoms with Crippen molar-refractivity contribution in [2.75, 3.05) is 26.1 Å². The maximum absolute atomic E-state index is 13.6. The van der Waals surface area contributed by atoms with E-state index in [2.05, 4.69) is 5.32 Å². The van der Waals surface area contributed by atoms with Crippen LogP contribution in [0.15, 0.2) is 77.4 Å². The molecule has 1 spiro atoms. The first kappa shape index (κ1) is 22.1. The van der Waals surface area contributed by atoms with Gasteiger partial charge >= 0.3 is 11.9 Å². The summed E-state index contributed by atoms with van der Waals surface area (Å²) in [6.45, 7) is -0.252. The quantitative estimate of drug-likeness (QED) is 0.639. The minimum atomic E-state index is -1.94. The number of anilines is 1. The van der Waals surface area contributed by atoms with Crippen molar-refractivity contribution in [3.05, 3.63) is 88.5 Å². The molecular formula is C24H22N2O7. The number of carbonyl (C=O) groups excluding carboxylic acids is 3.